The fraction of sp³-hybridized carbons (Fsp3) is 0.538. The van der Waals surface area contributed by atoms with Gasteiger partial charge in [-0.15, -0.1) is 0 Å². The van der Waals surface area contributed by atoms with Crippen molar-refractivity contribution in [1.82, 2.24) is 0 Å². The van der Waals surface area contributed by atoms with Crippen LogP contribution in [0, 0.1) is 5.41 Å². The number of aliphatic hydroxyl groups is 2. The summed E-state index contributed by atoms with van der Waals surface area (Å²) in [4.78, 5) is 0. The Hall–Kier alpha value is -1.10. The van der Waals surface area contributed by atoms with Crippen molar-refractivity contribution in [2.45, 2.75) is 13.5 Å². The van der Waals surface area contributed by atoms with E-state index < -0.39 is 5.41 Å². The Balaban J connectivity index is 2.68. The van der Waals surface area contributed by atoms with E-state index in [9.17, 15) is 10.2 Å². The fourth-order valence-corrected chi connectivity index (χ4v) is 1.44. The lowest BCUT2D eigenvalue weighted by molar-refractivity contribution is 0.0806. The molecule has 1 aromatic rings. The van der Waals surface area contributed by atoms with E-state index >= 15 is 0 Å². The second kappa shape index (κ2) is 6.59. The Morgan fingerprint density at radius 1 is 1.24 bits per heavy atom. The molecule has 0 aliphatic rings. The highest BCUT2D eigenvalue weighted by Crippen LogP contribution is 2.20. The molecule has 0 aliphatic heterocycles. The van der Waals surface area contributed by atoms with Crippen LogP contribution >= 0.6 is 0 Å². The second-order valence-corrected chi connectivity index (χ2v) is 4.57. The minimum atomic E-state index is -0.514. The maximum absolute atomic E-state index is 9.21. The van der Waals surface area contributed by atoms with Crippen LogP contribution in [-0.4, -0.2) is 37.1 Å². The lowest BCUT2D eigenvalue weighted by Gasteiger charge is -2.26. The van der Waals surface area contributed by atoms with Gasteiger partial charge in [-0.05, 0) is 6.07 Å². The van der Waals surface area contributed by atoms with Crippen LogP contribution in [0.2, 0.25) is 0 Å². The quantitative estimate of drug-likeness (QED) is 0.670. The molecule has 0 aromatic heterocycles. The number of ether oxygens (including phenoxy) is 1. The number of rotatable bonds is 7. The van der Waals surface area contributed by atoms with E-state index in [2.05, 4.69) is 5.32 Å². The molecule has 0 atom stereocenters. The third-order valence-electron chi connectivity index (χ3n) is 2.79. The summed E-state index contributed by atoms with van der Waals surface area (Å²) in [6.07, 6.45) is 0. The van der Waals surface area contributed by atoms with Crippen LogP contribution in [0.4, 0.5) is 5.69 Å². The Bertz CT molecular complexity index is 337. The van der Waals surface area contributed by atoms with Crippen molar-refractivity contribution in [1.29, 1.82) is 0 Å². The molecule has 17 heavy (non-hydrogen) atoms. The summed E-state index contributed by atoms with van der Waals surface area (Å²) in [7, 11) is 1.66. The minimum Gasteiger partial charge on any atom is -0.396 e. The van der Waals surface area contributed by atoms with Crippen LogP contribution in [0.5, 0.6) is 0 Å². The van der Waals surface area contributed by atoms with E-state index in [1.807, 2.05) is 31.2 Å². The number of hydrogen-bond acceptors (Lipinski definition) is 4. The first-order valence-corrected chi connectivity index (χ1v) is 5.67. The predicted molar refractivity (Wildman–Crippen MR) is 67.9 cm³/mol. The number of anilines is 1. The van der Waals surface area contributed by atoms with Crippen LogP contribution in [0.1, 0.15) is 12.5 Å². The molecular formula is C13H21NO3. The lowest BCUT2D eigenvalue weighted by atomic mass is 9.93. The zero-order valence-electron chi connectivity index (χ0n) is 10.4. The van der Waals surface area contributed by atoms with Gasteiger partial charge in [-0.3, -0.25) is 0 Å². The zero-order valence-corrected chi connectivity index (χ0v) is 10.4. The predicted octanol–water partition coefficient (Wildman–Crippen LogP) is 1.24. The number of nitrogens with one attached hydrogen (secondary N) is 1. The van der Waals surface area contributed by atoms with E-state index in [0.717, 1.165) is 11.3 Å². The molecule has 0 aliphatic carbocycles. The van der Waals surface area contributed by atoms with Crippen LogP contribution in [0.3, 0.4) is 0 Å². The highest BCUT2D eigenvalue weighted by atomic mass is 16.5. The van der Waals surface area contributed by atoms with E-state index in [0.29, 0.717) is 13.2 Å². The highest BCUT2D eigenvalue weighted by Gasteiger charge is 2.22. The Kier molecular flexibility index (Phi) is 5.41. The maximum Gasteiger partial charge on any atom is 0.0733 e. The van der Waals surface area contributed by atoms with Crippen molar-refractivity contribution in [3.05, 3.63) is 29.8 Å². The molecule has 0 spiro atoms. The normalized spacial score (nSPS) is 11.5. The number of methoxy groups -OCH3 is 1. The molecule has 0 heterocycles. The lowest BCUT2D eigenvalue weighted by Crippen LogP contribution is -2.34. The van der Waals surface area contributed by atoms with E-state index in [4.69, 9.17) is 4.74 Å². The maximum atomic E-state index is 9.21. The molecule has 0 radical (unpaired) electrons. The van der Waals surface area contributed by atoms with Crippen molar-refractivity contribution < 1.29 is 14.9 Å². The van der Waals surface area contributed by atoms with Gasteiger partial charge in [-0.1, -0.05) is 25.1 Å². The summed E-state index contributed by atoms with van der Waals surface area (Å²) >= 11 is 0. The zero-order chi connectivity index (χ0) is 12.7. The van der Waals surface area contributed by atoms with Crippen LogP contribution < -0.4 is 5.32 Å². The van der Waals surface area contributed by atoms with Crippen LogP contribution in [-0.2, 0) is 11.3 Å². The van der Waals surface area contributed by atoms with Gasteiger partial charge in [0.05, 0.1) is 19.8 Å². The van der Waals surface area contributed by atoms with E-state index in [-0.39, 0.29) is 13.2 Å². The highest BCUT2D eigenvalue weighted by molar-refractivity contribution is 5.50. The molecule has 96 valence electrons. The Morgan fingerprint density at radius 3 is 2.47 bits per heavy atom. The Morgan fingerprint density at radius 2 is 1.88 bits per heavy atom. The average Bonchev–Trinajstić information content (AvgIpc) is 2.38. The summed E-state index contributed by atoms with van der Waals surface area (Å²) in [5.74, 6) is 0. The second-order valence-electron chi connectivity index (χ2n) is 4.57. The minimum absolute atomic E-state index is 0.0526. The van der Waals surface area contributed by atoms with Crippen molar-refractivity contribution in [2.24, 2.45) is 5.41 Å². The first kappa shape index (κ1) is 14.0. The fourth-order valence-electron chi connectivity index (χ4n) is 1.44. The number of aliphatic hydroxyl groups excluding tert-OH is 2. The van der Waals surface area contributed by atoms with Gasteiger partial charge in [0.2, 0.25) is 0 Å². The summed E-state index contributed by atoms with van der Waals surface area (Å²) < 4.78 is 5.11. The summed E-state index contributed by atoms with van der Waals surface area (Å²) in [6, 6.07) is 7.85. The largest absolute Gasteiger partial charge is 0.396 e. The molecule has 0 saturated carbocycles. The molecule has 1 rings (SSSR count). The van der Waals surface area contributed by atoms with Crippen LogP contribution in [0.25, 0.3) is 0 Å². The molecular weight excluding hydrogens is 218 g/mol. The van der Waals surface area contributed by atoms with Crippen molar-refractivity contribution in [2.75, 3.05) is 32.2 Å². The van der Waals surface area contributed by atoms with Gasteiger partial charge in [0.1, 0.15) is 0 Å². The summed E-state index contributed by atoms with van der Waals surface area (Å²) in [5.41, 5.74) is 1.52. The summed E-state index contributed by atoms with van der Waals surface area (Å²) in [6.45, 7) is 2.78. The third-order valence-corrected chi connectivity index (χ3v) is 2.79. The third kappa shape index (κ3) is 4.00. The molecule has 0 amide bonds. The van der Waals surface area contributed by atoms with Crippen molar-refractivity contribution in [3.63, 3.8) is 0 Å². The average molecular weight is 239 g/mol. The molecule has 0 bridgehead atoms. The number of para-hydroxylation sites is 1. The first-order chi connectivity index (χ1) is 8.15. The molecule has 0 saturated heterocycles. The SMILES string of the molecule is COCc1ccccc1NCC(C)(CO)CO. The number of hydrogen-bond donors (Lipinski definition) is 3. The van der Waals surface area contributed by atoms with Gasteiger partial charge >= 0.3 is 0 Å². The van der Waals surface area contributed by atoms with Crippen molar-refractivity contribution >= 4 is 5.69 Å². The molecule has 0 fully saturated rings. The Labute approximate surface area is 102 Å². The van der Waals surface area contributed by atoms with Gasteiger partial charge in [-0.2, -0.15) is 0 Å². The first-order valence-electron chi connectivity index (χ1n) is 5.67. The topological polar surface area (TPSA) is 61.7 Å². The standard InChI is InChI=1S/C13H21NO3/c1-13(9-15,10-16)8-14-12-6-4-3-5-11(12)7-17-2/h3-6,14-16H,7-10H2,1-2H3. The van der Waals surface area contributed by atoms with E-state index in [1.54, 1.807) is 7.11 Å². The van der Waals surface area contributed by atoms with Crippen LogP contribution in [0.15, 0.2) is 24.3 Å². The smallest absolute Gasteiger partial charge is 0.0733 e. The van der Waals surface area contributed by atoms with Gasteiger partial charge in [0.25, 0.3) is 0 Å². The summed E-state index contributed by atoms with van der Waals surface area (Å²) in [5, 5.41) is 21.7. The monoisotopic (exact) mass is 239 g/mol. The molecule has 4 heteroatoms. The van der Waals surface area contributed by atoms with Gasteiger partial charge in [0, 0.05) is 30.3 Å². The number of benzene rings is 1. The molecule has 0 unspecified atom stereocenters. The van der Waals surface area contributed by atoms with Crippen molar-refractivity contribution in [3.8, 4) is 0 Å². The van der Waals surface area contributed by atoms with Gasteiger partial charge in [-0.25, -0.2) is 0 Å². The van der Waals surface area contributed by atoms with Gasteiger partial charge in [0.15, 0.2) is 0 Å². The molecule has 1 aromatic carbocycles. The van der Waals surface area contributed by atoms with Gasteiger partial charge < -0.3 is 20.3 Å². The molecule has 4 nitrogen and oxygen atoms in total. The molecule has 3 N–H and O–H groups in total. The van der Waals surface area contributed by atoms with E-state index in [1.165, 1.54) is 0 Å².